The Hall–Kier alpha value is -2.14. The fraction of sp³-hybridized carbons (Fsp3) is 0.444. The molecule has 3 heterocycles. The maximum atomic E-state index is 12.0. The highest BCUT2D eigenvalue weighted by Crippen LogP contribution is 2.37. The minimum atomic E-state index is 0.0966. The van der Waals surface area contributed by atoms with Crippen molar-refractivity contribution in [3.05, 3.63) is 36.4 Å². The normalized spacial score (nSPS) is 21.5. The molecule has 120 valence electrons. The highest BCUT2D eigenvalue weighted by molar-refractivity contribution is 5.93. The van der Waals surface area contributed by atoms with Crippen LogP contribution in [0.4, 0.5) is 5.82 Å². The summed E-state index contributed by atoms with van der Waals surface area (Å²) >= 11 is 0. The average Bonchev–Trinajstić information content (AvgIpc) is 3.09. The number of carbonyl (C=O) groups excluding carboxylic acids is 1. The van der Waals surface area contributed by atoms with Crippen molar-refractivity contribution in [3.8, 4) is 11.1 Å². The molecule has 5 heteroatoms. The summed E-state index contributed by atoms with van der Waals surface area (Å²) in [4.78, 5) is 19.1. The van der Waals surface area contributed by atoms with E-state index in [4.69, 9.17) is 9.40 Å². The van der Waals surface area contributed by atoms with Crippen LogP contribution >= 0.6 is 0 Å². The van der Waals surface area contributed by atoms with E-state index in [1.807, 2.05) is 18.2 Å². The van der Waals surface area contributed by atoms with Gasteiger partial charge in [-0.25, -0.2) is 4.98 Å². The van der Waals surface area contributed by atoms with Gasteiger partial charge in [0.05, 0.1) is 24.3 Å². The molecule has 1 amide bonds. The molecule has 0 aromatic carbocycles. The van der Waals surface area contributed by atoms with Crippen LogP contribution in [0.1, 0.15) is 37.4 Å². The number of amides is 1. The molecule has 0 bridgehead atoms. The second kappa shape index (κ2) is 5.81. The van der Waals surface area contributed by atoms with Gasteiger partial charge in [-0.1, -0.05) is 0 Å². The number of carbonyl (C=O) groups is 1. The Labute approximate surface area is 135 Å². The molecule has 23 heavy (non-hydrogen) atoms. The first-order valence-corrected chi connectivity index (χ1v) is 8.27. The largest absolute Gasteiger partial charge is 0.472 e. The summed E-state index contributed by atoms with van der Waals surface area (Å²) in [5, 5.41) is 2.96. The first-order chi connectivity index (χ1) is 11.2. The molecule has 1 N–H and O–H groups in total. The summed E-state index contributed by atoms with van der Waals surface area (Å²) in [6, 6.07) is 6.18. The van der Waals surface area contributed by atoms with Crippen LogP contribution in [0, 0.1) is 5.92 Å². The lowest BCUT2D eigenvalue weighted by molar-refractivity contribution is -0.117. The minimum absolute atomic E-state index is 0.0966. The number of hydrogen-bond acceptors (Lipinski definition) is 4. The molecule has 1 aliphatic carbocycles. The van der Waals surface area contributed by atoms with E-state index in [-0.39, 0.29) is 17.9 Å². The van der Waals surface area contributed by atoms with E-state index in [1.54, 1.807) is 12.5 Å². The van der Waals surface area contributed by atoms with Gasteiger partial charge in [-0.05, 0) is 57.5 Å². The third-order valence-electron chi connectivity index (χ3n) is 4.79. The third kappa shape index (κ3) is 2.88. The van der Waals surface area contributed by atoms with Crippen LogP contribution in [0.3, 0.4) is 0 Å². The zero-order valence-corrected chi connectivity index (χ0v) is 13.3. The summed E-state index contributed by atoms with van der Waals surface area (Å²) in [7, 11) is 2.13. The molecule has 2 aromatic rings. The smallest absolute Gasteiger partial charge is 0.228 e. The molecule has 5 nitrogen and oxygen atoms in total. The third-order valence-corrected chi connectivity index (χ3v) is 4.79. The van der Waals surface area contributed by atoms with E-state index in [1.165, 1.54) is 6.42 Å². The summed E-state index contributed by atoms with van der Waals surface area (Å²) < 4.78 is 5.24. The van der Waals surface area contributed by atoms with E-state index in [9.17, 15) is 4.79 Å². The number of nitrogens with one attached hydrogen (secondary N) is 1. The molecule has 1 saturated carbocycles. The van der Waals surface area contributed by atoms with Gasteiger partial charge >= 0.3 is 0 Å². The van der Waals surface area contributed by atoms with E-state index in [0.29, 0.717) is 5.82 Å². The zero-order chi connectivity index (χ0) is 15.8. The number of aromatic nitrogens is 1. The second-order valence-electron chi connectivity index (χ2n) is 6.54. The molecule has 0 radical (unpaired) electrons. The number of hydrogen-bond donors (Lipinski definition) is 1. The number of furan rings is 1. The summed E-state index contributed by atoms with van der Waals surface area (Å²) in [6.45, 7) is 1.08. The van der Waals surface area contributed by atoms with Gasteiger partial charge in [0.2, 0.25) is 5.91 Å². The van der Waals surface area contributed by atoms with Crippen molar-refractivity contribution in [2.24, 2.45) is 5.92 Å². The van der Waals surface area contributed by atoms with Crippen molar-refractivity contribution in [3.63, 3.8) is 0 Å². The van der Waals surface area contributed by atoms with Crippen LogP contribution in [0.5, 0.6) is 0 Å². The highest BCUT2D eigenvalue weighted by Gasteiger charge is 2.31. The van der Waals surface area contributed by atoms with Crippen molar-refractivity contribution < 1.29 is 9.21 Å². The van der Waals surface area contributed by atoms with Gasteiger partial charge < -0.3 is 9.73 Å². The van der Waals surface area contributed by atoms with Crippen molar-refractivity contribution in [2.45, 2.75) is 31.7 Å². The van der Waals surface area contributed by atoms with Gasteiger partial charge in [0, 0.05) is 17.0 Å². The van der Waals surface area contributed by atoms with Gasteiger partial charge in [-0.3, -0.25) is 9.69 Å². The summed E-state index contributed by atoms with van der Waals surface area (Å²) in [6.07, 6.45) is 7.69. The Morgan fingerprint density at radius 1 is 1.30 bits per heavy atom. The maximum Gasteiger partial charge on any atom is 0.228 e. The fourth-order valence-electron chi connectivity index (χ4n) is 3.29. The van der Waals surface area contributed by atoms with Crippen LogP contribution in [0.15, 0.2) is 35.1 Å². The van der Waals surface area contributed by atoms with Gasteiger partial charge in [0.15, 0.2) is 0 Å². The Bertz CT molecular complexity index is 707. The molecular formula is C18H21N3O2. The van der Waals surface area contributed by atoms with Gasteiger partial charge in [-0.15, -0.1) is 0 Å². The number of rotatable bonds is 4. The van der Waals surface area contributed by atoms with Crippen molar-refractivity contribution >= 4 is 11.7 Å². The molecule has 1 unspecified atom stereocenters. The molecule has 1 saturated heterocycles. The Kier molecular flexibility index (Phi) is 3.65. The Morgan fingerprint density at radius 2 is 2.17 bits per heavy atom. The zero-order valence-electron chi connectivity index (χ0n) is 13.3. The number of anilines is 1. The first-order valence-electron chi connectivity index (χ1n) is 8.27. The molecule has 1 aliphatic heterocycles. The van der Waals surface area contributed by atoms with Crippen LogP contribution in [-0.4, -0.2) is 29.4 Å². The monoisotopic (exact) mass is 311 g/mol. The molecular weight excluding hydrogens is 290 g/mol. The molecule has 1 atom stereocenters. The first kappa shape index (κ1) is 14.5. The quantitative estimate of drug-likeness (QED) is 0.939. The van der Waals surface area contributed by atoms with E-state index < -0.39 is 0 Å². The summed E-state index contributed by atoms with van der Waals surface area (Å²) in [5.74, 6) is 0.937. The second-order valence-corrected chi connectivity index (χ2v) is 6.54. The van der Waals surface area contributed by atoms with Gasteiger partial charge in [-0.2, -0.15) is 0 Å². The average molecular weight is 311 g/mol. The van der Waals surface area contributed by atoms with E-state index in [2.05, 4.69) is 17.3 Å². The highest BCUT2D eigenvalue weighted by atomic mass is 16.3. The predicted molar refractivity (Wildman–Crippen MR) is 87.9 cm³/mol. The number of pyridine rings is 1. The van der Waals surface area contributed by atoms with Crippen molar-refractivity contribution in [1.29, 1.82) is 0 Å². The topological polar surface area (TPSA) is 58.4 Å². The lowest BCUT2D eigenvalue weighted by Gasteiger charge is -2.22. The number of likely N-dealkylation sites (tertiary alicyclic amines) is 1. The Morgan fingerprint density at radius 3 is 2.83 bits per heavy atom. The van der Waals surface area contributed by atoms with Crippen LogP contribution < -0.4 is 5.32 Å². The van der Waals surface area contributed by atoms with E-state index >= 15 is 0 Å². The van der Waals surface area contributed by atoms with Crippen LogP contribution in [0.25, 0.3) is 11.1 Å². The van der Waals surface area contributed by atoms with Crippen molar-refractivity contribution in [1.82, 2.24) is 9.88 Å². The lowest BCUT2D eigenvalue weighted by Crippen LogP contribution is -2.21. The van der Waals surface area contributed by atoms with Crippen molar-refractivity contribution in [2.75, 3.05) is 18.9 Å². The standard InChI is InChI=1S/C18H21N3O2/c1-21-9-2-3-15(21)17-14(13-8-10-23-11-13)6-7-16(19-17)20-18(22)12-4-5-12/h6-8,10-12,15H,2-5,9H2,1H3,(H,19,20,22). The summed E-state index contributed by atoms with van der Waals surface area (Å²) in [5.41, 5.74) is 3.15. The number of nitrogens with zero attached hydrogens (tertiary/aromatic N) is 2. The van der Waals surface area contributed by atoms with Crippen LogP contribution in [-0.2, 0) is 4.79 Å². The molecule has 0 spiro atoms. The SMILES string of the molecule is CN1CCCC1c1nc(NC(=O)C2CC2)ccc1-c1ccoc1. The fourth-order valence-corrected chi connectivity index (χ4v) is 3.29. The van der Waals surface area contributed by atoms with Crippen LogP contribution in [0.2, 0.25) is 0 Å². The van der Waals surface area contributed by atoms with E-state index in [0.717, 1.165) is 42.6 Å². The Balaban J connectivity index is 1.69. The molecule has 4 rings (SSSR count). The molecule has 2 aliphatic rings. The maximum absolute atomic E-state index is 12.0. The minimum Gasteiger partial charge on any atom is -0.472 e. The van der Waals surface area contributed by atoms with Gasteiger partial charge in [0.25, 0.3) is 0 Å². The predicted octanol–water partition coefficient (Wildman–Crippen LogP) is 3.46. The lowest BCUT2D eigenvalue weighted by atomic mass is 10.0. The molecule has 2 aromatic heterocycles. The molecule has 2 fully saturated rings. The van der Waals surface area contributed by atoms with Gasteiger partial charge in [0.1, 0.15) is 5.82 Å².